The molecule has 0 atom stereocenters. The van der Waals surface area contributed by atoms with Crippen LogP contribution in [0.3, 0.4) is 0 Å². The molecule has 0 unspecified atom stereocenters. The van der Waals surface area contributed by atoms with Gasteiger partial charge in [0, 0.05) is 43.3 Å². The third-order valence-electron chi connectivity index (χ3n) is 3.78. The number of aromatic nitrogens is 4. The van der Waals surface area contributed by atoms with Gasteiger partial charge < -0.3 is 9.73 Å². The first-order valence-electron chi connectivity index (χ1n) is 8.40. The van der Waals surface area contributed by atoms with E-state index in [4.69, 9.17) is 4.42 Å². The minimum atomic E-state index is 0.00652. The van der Waals surface area contributed by atoms with Gasteiger partial charge in [0.1, 0.15) is 0 Å². The number of hydrogen-bond acceptors (Lipinski definition) is 5. The minimum absolute atomic E-state index is 0.00652. The van der Waals surface area contributed by atoms with E-state index < -0.39 is 0 Å². The van der Waals surface area contributed by atoms with Gasteiger partial charge in [-0.25, -0.2) is 0 Å². The second kappa shape index (κ2) is 8.23. The van der Waals surface area contributed by atoms with Gasteiger partial charge >= 0.3 is 0 Å². The highest BCUT2D eigenvalue weighted by atomic mass is 16.4. The fourth-order valence-electron chi connectivity index (χ4n) is 2.41. The van der Waals surface area contributed by atoms with Gasteiger partial charge in [-0.15, -0.1) is 10.2 Å². The summed E-state index contributed by atoms with van der Waals surface area (Å²) in [5.74, 6) is 1.07. The molecule has 7 nitrogen and oxygen atoms in total. The molecule has 2 aromatic heterocycles. The number of nitrogens with zero attached hydrogens (tertiary/aromatic N) is 4. The number of carbonyl (C=O) groups is 1. The Morgan fingerprint density at radius 2 is 2.08 bits per heavy atom. The number of nitrogens with one attached hydrogen (secondary N) is 1. The molecule has 7 heteroatoms. The average Bonchev–Trinajstić information content (AvgIpc) is 3.30. The van der Waals surface area contributed by atoms with Crippen LogP contribution in [0, 0.1) is 0 Å². The van der Waals surface area contributed by atoms with E-state index in [2.05, 4.69) is 20.6 Å². The predicted octanol–water partition coefficient (Wildman–Crippen LogP) is 2.59. The maximum absolute atomic E-state index is 11.9. The van der Waals surface area contributed by atoms with Crippen molar-refractivity contribution in [3.05, 3.63) is 54.2 Å². The van der Waals surface area contributed by atoms with Crippen molar-refractivity contribution in [2.24, 2.45) is 0 Å². The third kappa shape index (κ3) is 4.76. The Balaban J connectivity index is 1.40. The first-order valence-corrected chi connectivity index (χ1v) is 8.40. The highest BCUT2D eigenvalue weighted by Crippen LogP contribution is 2.17. The molecule has 1 aromatic carbocycles. The maximum atomic E-state index is 11.9. The van der Waals surface area contributed by atoms with Gasteiger partial charge in [0.2, 0.25) is 17.7 Å². The van der Waals surface area contributed by atoms with E-state index in [0.29, 0.717) is 37.6 Å². The molecule has 3 aromatic rings. The van der Waals surface area contributed by atoms with E-state index in [0.717, 1.165) is 17.7 Å². The van der Waals surface area contributed by atoms with Crippen molar-refractivity contribution in [2.45, 2.75) is 39.3 Å². The molecule has 0 fully saturated rings. The second-order valence-electron chi connectivity index (χ2n) is 5.70. The lowest BCUT2D eigenvalue weighted by Gasteiger charge is -2.02. The van der Waals surface area contributed by atoms with Gasteiger partial charge in [0.05, 0.1) is 6.20 Å². The summed E-state index contributed by atoms with van der Waals surface area (Å²) in [4.78, 5) is 11.9. The van der Waals surface area contributed by atoms with Crippen molar-refractivity contribution in [2.75, 3.05) is 0 Å². The summed E-state index contributed by atoms with van der Waals surface area (Å²) in [7, 11) is 0. The molecule has 3 rings (SSSR count). The molecule has 0 saturated carbocycles. The van der Waals surface area contributed by atoms with Crippen LogP contribution >= 0.6 is 0 Å². The van der Waals surface area contributed by atoms with Crippen LogP contribution in [0.2, 0.25) is 0 Å². The van der Waals surface area contributed by atoms with E-state index in [1.165, 1.54) is 0 Å². The Hall–Kier alpha value is -2.96. The fourth-order valence-corrected chi connectivity index (χ4v) is 2.41. The van der Waals surface area contributed by atoms with Gasteiger partial charge in [-0.05, 0) is 25.5 Å². The van der Waals surface area contributed by atoms with Crippen LogP contribution in [0.25, 0.3) is 11.5 Å². The molecule has 1 N–H and O–H groups in total. The Kier molecular flexibility index (Phi) is 5.56. The Morgan fingerprint density at radius 3 is 2.84 bits per heavy atom. The summed E-state index contributed by atoms with van der Waals surface area (Å²) in [6.45, 7) is 3.34. The number of hydrogen-bond donors (Lipinski definition) is 1. The van der Waals surface area contributed by atoms with E-state index >= 15 is 0 Å². The summed E-state index contributed by atoms with van der Waals surface area (Å²) in [5, 5.41) is 15.2. The molecule has 25 heavy (non-hydrogen) atoms. The standard InChI is InChI=1S/C18H21N5O2/c1-2-23-13-14(12-20-23)11-19-16(24)9-6-10-17-21-22-18(25-17)15-7-4-3-5-8-15/h3-5,7-8,12-13H,2,6,9-11H2,1H3,(H,19,24). The molecule has 0 radical (unpaired) electrons. The van der Waals surface area contributed by atoms with E-state index in [1.807, 2.05) is 48.1 Å². The summed E-state index contributed by atoms with van der Waals surface area (Å²) < 4.78 is 7.47. The van der Waals surface area contributed by atoms with Crippen LogP contribution in [0.15, 0.2) is 47.1 Å². The topological polar surface area (TPSA) is 85.8 Å². The normalized spacial score (nSPS) is 10.8. The molecule has 0 aliphatic rings. The van der Waals surface area contributed by atoms with Crippen molar-refractivity contribution < 1.29 is 9.21 Å². The van der Waals surface area contributed by atoms with Crippen LogP contribution in [-0.2, 0) is 24.3 Å². The average molecular weight is 339 g/mol. The van der Waals surface area contributed by atoms with Crippen LogP contribution in [0.5, 0.6) is 0 Å². The van der Waals surface area contributed by atoms with Crippen molar-refractivity contribution in [3.8, 4) is 11.5 Å². The van der Waals surface area contributed by atoms with E-state index in [9.17, 15) is 4.79 Å². The molecular formula is C18H21N5O2. The number of amides is 1. The number of aryl methyl sites for hydroxylation is 2. The smallest absolute Gasteiger partial charge is 0.247 e. The number of rotatable bonds is 8. The molecule has 130 valence electrons. The zero-order valence-corrected chi connectivity index (χ0v) is 14.2. The quantitative estimate of drug-likeness (QED) is 0.682. The fraction of sp³-hybridized carbons (Fsp3) is 0.333. The van der Waals surface area contributed by atoms with Crippen LogP contribution in [0.4, 0.5) is 0 Å². The third-order valence-corrected chi connectivity index (χ3v) is 3.78. The van der Waals surface area contributed by atoms with Crippen LogP contribution in [-0.4, -0.2) is 25.9 Å². The lowest BCUT2D eigenvalue weighted by atomic mass is 10.2. The maximum Gasteiger partial charge on any atom is 0.247 e. The molecular weight excluding hydrogens is 318 g/mol. The molecule has 1 amide bonds. The lowest BCUT2D eigenvalue weighted by molar-refractivity contribution is -0.121. The Morgan fingerprint density at radius 1 is 1.24 bits per heavy atom. The van der Waals surface area contributed by atoms with Gasteiger partial charge in [0.25, 0.3) is 0 Å². The summed E-state index contributed by atoms with van der Waals surface area (Å²) in [6.07, 6.45) is 5.37. The number of carbonyl (C=O) groups excluding carboxylic acids is 1. The van der Waals surface area contributed by atoms with Gasteiger partial charge in [-0.1, -0.05) is 18.2 Å². The zero-order valence-electron chi connectivity index (χ0n) is 14.2. The van der Waals surface area contributed by atoms with Gasteiger partial charge in [-0.3, -0.25) is 9.48 Å². The minimum Gasteiger partial charge on any atom is -0.421 e. The van der Waals surface area contributed by atoms with Crippen molar-refractivity contribution >= 4 is 5.91 Å². The highest BCUT2D eigenvalue weighted by molar-refractivity contribution is 5.75. The molecule has 0 saturated heterocycles. The Labute approximate surface area is 146 Å². The SMILES string of the molecule is CCn1cc(CNC(=O)CCCc2nnc(-c3ccccc3)o2)cn1. The summed E-state index contributed by atoms with van der Waals surface area (Å²) in [6, 6.07) is 9.63. The first-order chi connectivity index (χ1) is 12.2. The molecule has 0 aliphatic heterocycles. The first kappa shape index (κ1) is 16.9. The van der Waals surface area contributed by atoms with Gasteiger partial charge in [0.15, 0.2) is 0 Å². The van der Waals surface area contributed by atoms with Crippen molar-refractivity contribution in [1.29, 1.82) is 0 Å². The molecule has 2 heterocycles. The van der Waals surface area contributed by atoms with E-state index in [1.54, 1.807) is 6.20 Å². The summed E-state index contributed by atoms with van der Waals surface area (Å²) >= 11 is 0. The Bertz CT molecular complexity index is 810. The molecule has 0 aliphatic carbocycles. The predicted molar refractivity (Wildman–Crippen MR) is 92.4 cm³/mol. The van der Waals surface area contributed by atoms with Crippen LogP contribution < -0.4 is 5.32 Å². The number of benzene rings is 1. The van der Waals surface area contributed by atoms with Gasteiger partial charge in [-0.2, -0.15) is 5.10 Å². The van der Waals surface area contributed by atoms with Crippen molar-refractivity contribution in [1.82, 2.24) is 25.3 Å². The summed E-state index contributed by atoms with van der Waals surface area (Å²) in [5.41, 5.74) is 1.89. The molecule has 0 spiro atoms. The largest absolute Gasteiger partial charge is 0.421 e. The van der Waals surface area contributed by atoms with E-state index in [-0.39, 0.29) is 5.91 Å². The molecule has 0 bridgehead atoms. The monoisotopic (exact) mass is 339 g/mol. The second-order valence-corrected chi connectivity index (χ2v) is 5.70. The van der Waals surface area contributed by atoms with Crippen molar-refractivity contribution in [3.63, 3.8) is 0 Å². The zero-order chi connectivity index (χ0) is 17.5. The highest BCUT2D eigenvalue weighted by Gasteiger charge is 2.09. The lowest BCUT2D eigenvalue weighted by Crippen LogP contribution is -2.22. The van der Waals surface area contributed by atoms with Crippen LogP contribution in [0.1, 0.15) is 31.2 Å².